The number of nitrogens with one attached hydrogen (secondary N) is 1. The van der Waals surface area contributed by atoms with E-state index in [2.05, 4.69) is 5.32 Å². The lowest BCUT2D eigenvalue weighted by atomic mass is 10.3. The van der Waals surface area contributed by atoms with E-state index in [0.717, 1.165) is 11.5 Å². The Labute approximate surface area is 138 Å². The van der Waals surface area contributed by atoms with Crippen LogP contribution in [0.4, 0.5) is 10.5 Å². The van der Waals surface area contributed by atoms with Crippen LogP contribution in [0.5, 0.6) is 11.5 Å². The highest BCUT2D eigenvalue weighted by Crippen LogP contribution is 2.23. The minimum atomic E-state index is -0.197. The van der Waals surface area contributed by atoms with Crippen molar-refractivity contribution in [3.63, 3.8) is 0 Å². The van der Waals surface area contributed by atoms with Crippen LogP contribution in [0, 0.1) is 0 Å². The largest absolute Gasteiger partial charge is 0.457 e. The number of nitrogens with zero attached hydrogens (tertiary/aromatic N) is 1. The highest BCUT2D eigenvalue weighted by molar-refractivity contribution is 8.13. The number of thioether (sulfide) groups is 1. The Bertz CT molecular complexity index is 689. The fraction of sp³-hybridized carbons (Fsp3) is 0.176. The molecule has 1 N–H and O–H groups in total. The molecule has 0 spiro atoms. The van der Waals surface area contributed by atoms with Gasteiger partial charge in [0.1, 0.15) is 18.0 Å². The van der Waals surface area contributed by atoms with Crippen molar-refractivity contribution >= 4 is 28.6 Å². The van der Waals surface area contributed by atoms with E-state index < -0.39 is 0 Å². The maximum absolute atomic E-state index is 11.9. The number of rotatable bonds is 5. The van der Waals surface area contributed by atoms with Crippen LogP contribution in [0.15, 0.2) is 54.6 Å². The van der Waals surface area contributed by atoms with Gasteiger partial charge in [0, 0.05) is 18.0 Å². The summed E-state index contributed by atoms with van der Waals surface area (Å²) in [5, 5.41) is 2.75. The molecule has 2 aromatic carbocycles. The second kappa shape index (κ2) is 7.19. The first-order valence-corrected chi connectivity index (χ1v) is 8.24. The van der Waals surface area contributed by atoms with E-state index in [4.69, 9.17) is 4.74 Å². The van der Waals surface area contributed by atoms with Crippen molar-refractivity contribution < 1.29 is 14.3 Å². The van der Waals surface area contributed by atoms with Gasteiger partial charge in [-0.2, -0.15) is 0 Å². The minimum Gasteiger partial charge on any atom is -0.457 e. The molecule has 6 heteroatoms. The molecule has 23 heavy (non-hydrogen) atoms. The zero-order valence-electron chi connectivity index (χ0n) is 12.4. The molecule has 1 fully saturated rings. The van der Waals surface area contributed by atoms with Gasteiger partial charge in [-0.15, -0.1) is 0 Å². The number of anilines is 1. The predicted molar refractivity (Wildman–Crippen MR) is 91.0 cm³/mol. The van der Waals surface area contributed by atoms with Gasteiger partial charge < -0.3 is 15.0 Å². The maximum Gasteiger partial charge on any atom is 0.282 e. The average Bonchev–Trinajstić information content (AvgIpc) is 2.95. The molecule has 2 aromatic rings. The highest BCUT2D eigenvalue weighted by Gasteiger charge is 2.23. The summed E-state index contributed by atoms with van der Waals surface area (Å²) in [5.41, 5.74) is 0.676. The molecule has 1 aliphatic rings. The van der Waals surface area contributed by atoms with E-state index in [-0.39, 0.29) is 17.7 Å². The summed E-state index contributed by atoms with van der Waals surface area (Å²) in [4.78, 5) is 25.0. The Balaban J connectivity index is 1.55. The number of benzene rings is 2. The smallest absolute Gasteiger partial charge is 0.282 e. The Morgan fingerprint density at radius 1 is 1.09 bits per heavy atom. The molecule has 0 radical (unpaired) electrons. The SMILES string of the molecule is O=C(CN1CCSC1=O)Nc1ccc(Oc2ccccc2)cc1. The van der Waals surface area contributed by atoms with E-state index >= 15 is 0 Å². The van der Waals surface area contributed by atoms with Gasteiger partial charge in [0.05, 0.1) is 0 Å². The first kappa shape index (κ1) is 15.4. The number of carbonyl (C=O) groups excluding carboxylic acids is 2. The molecule has 0 aromatic heterocycles. The summed E-state index contributed by atoms with van der Waals surface area (Å²) < 4.78 is 5.69. The lowest BCUT2D eigenvalue weighted by molar-refractivity contribution is -0.116. The van der Waals surface area contributed by atoms with Gasteiger partial charge in [-0.1, -0.05) is 30.0 Å². The van der Waals surface area contributed by atoms with Crippen LogP contribution >= 0.6 is 11.8 Å². The third-order valence-electron chi connectivity index (χ3n) is 3.30. The van der Waals surface area contributed by atoms with Crippen molar-refractivity contribution in [1.29, 1.82) is 0 Å². The van der Waals surface area contributed by atoms with Gasteiger partial charge in [0.2, 0.25) is 5.91 Å². The summed E-state index contributed by atoms with van der Waals surface area (Å²) >= 11 is 1.25. The maximum atomic E-state index is 11.9. The Morgan fingerprint density at radius 2 is 1.78 bits per heavy atom. The molecule has 118 valence electrons. The monoisotopic (exact) mass is 328 g/mol. The zero-order valence-corrected chi connectivity index (χ0v) is 13.2. The molecule has 0 unspecified atom stereocenters. The van der Waals surface area contributed by atoms with Crippen LogP contribution in [0.25, 0.3) is 0 Å². The minimum absolute atomic E-state index is 0.0354. The van der Waals surface area contributed by atoms with E-state index in [1.807, 2.05) is 30.3 Å². The molecule has 1 heterocycles. The third kappa shape index (κ3) is 4.26. The second-order valence-corrected chi connectivity index (χ2v) is 6.07. The molecule has 1 saturated heterocycles. The van der Waals surface area contributed by atoms with Gasteiger partial charge in [0.25, 0.3) is 5.24 Å². The van der Waals surface area contributed by atoms with E-state index in [1.54, 1.807) is 29.2 Å². The predicted octanol–water partition coefficient (Wildman–Crippen LogP) is 3.59. The van der Waals surface area contributed by atoms with Crippen molar-refractivity contribution in [3.05, 3.63) is 54.6 Å². The van der Waals surface area contributed by atoms with Crippen LogP contribution in [-0.2, 0) is 4.79 Å². The van der Waals surface area contributed by atoms with Gasteiger partial charge in [-0.25, -0.2) is 0 Å². The van der Waals surface area contributed by atoms with Crippen LogP contribution in [0.1, 0.15) is 0 Å². The molecule has 0 saturated carbocycles. The quantitative estimate of drug-likeness (QED) is 0.911. The molecule has 2 amide bonds. The van der Waals surface area contributed by atoms with Gasteiger partial charge in [-0.3, -0.25) is 9.59 Å². The standard InChI is InChI=1S/C17H16N2O3S/c20-16(12-19-10-11-23-17(19)21)18-13-6-8-15(9-7-13)22-14-4-2-1-3-5-14/h1-9H,10-12H2,(H,18,20). The number of amides is 2. The number of hydrogen-bond donors (Lipinski definition) is 1. The number of hydrogen-bond acceptors (Lipinski definition) is 4. The van der Waals surface area contributed by atoms with E-state index in [9.17, 15) is 9.59 Å². The zero-order chi connectivity index (χ0) is 16.1. The summed E-state index contributed by atoms with van der Waals surface area (Å²) in [6.07, 6.45) is 0. The molecule has 0 atom stereocenters. The van der Waals surface area contributed by atoms with Crippen molar-refractivity contribution in [3.8, 4) is 11.5 Å². The third-order valence-corrected chi connectivity index (χ3v) is 4.19. The van der Waals surface area contributed by atoms with Crippen molar-refractivity contribution in [1.82, 2.24) is 4.90 Å². The van der Waals surface area contributed by atoms with Crippen LogP contribution in [0.3, 0.4) is 0 Å². The summed E-state index contributed by atoms with van der Waals surface area (Å²) in [6, 6.07) is 16.6. The first-order chi connectivity index (χ1) is 11.2. The average molecular weight is 328 g/mol. The molecular formula is C17H16N2O3S. The van der Waals surface area contributed by atoms with Gasteiger partial charge in [-0.05, 0) is 36.4 Å². The molecule has 1 aliphatic heterocycles. The first-order valence-electron chi connectivity index (χ1n) is 7.25. The summed E-state index contributed by atoms with van der Waals surface area (Å²) in [5.74, 6) is 2.00. The van der Waals surface area contributed by atoms with E-state index in [0.29, 0.717) is 18.0 Å². The Morgan fingerprint density at radius 3 is 2.43 bits per heavy atom. The number of para-hydroxylation sites is 1. The topological polar surface area (TPSA) is 58.6 Å². The summed E-state index contributed by atoms with van der Waals surface area (Å²) in [7, 11) is 0. The lowest BCUT2D eigenvalue weighted by Crippen LogP contribution is -2.33. The number of ether oxygens (including phenoxy) is 1. The van der Waals surface area contributed by atoms with Crippen molar-refractivity contribution in [2.24, 2.45) is 0 Å². The molecule has 0 bridgehead atoms. The number of carbonyl (C=O) groups is 2. The highest BCUT2D eigenvalue weighted by atomic mass is 32.2. The van der Waals surface area contributed by atoms with E-state index in [1.165, 1.54) is 11.8 Å². The Hall–Kier alpha value is -2.47. The van der Waals surface area contributed by atoms with Crippen molar-refractivity contribution in [2.45, 2.75) is 0 Å². The van der Waals surface area contributed by atoms with Crippen LogP contribution in [0.2, 0.25) is 0 Å². The van der Waals surface area contributed by atoms with Gasteiger partial charge in [0.15, 0.2) is 0 Å². The van der Waals surface area contributed by atoms with Crippen molar-refractivity contribution in [2.75, 3.05) is 24.2 Å². The molecule has 5 nitrogen and oxygen atoms in total. The fourth-order valence-electron chi connectivity index (χ4n) is 2.17. The normalized spacial score (nSPS) is 13.9. The summed E-state index contributed by atoms with van der Waals surface area (Å²) in [6.45, 7) is 0.717. The van der Waals surface area contributed by atoms with Crippen LogP contribution in [-0.4, -0.2) is 34.9 Å². The molecule has 3 rings (SSSR count). The molecule has 0 aliphatic carbocycles. The van der Waals surface area contributed by atoms with Crippen LogP contribution < -0.4 is 10.1 Å². The second-order valence-electron chi connectivity index (χ2n) is 5.02. The Kier molecular flexibility index (Phi) is 4.83. The fourth-order valence-corrected chi connectivity index (χ4v) is 3.00. The van der Waals surface area contributed by atoms with Gasteiger partial charge >= 0.3 is 0 Å². The lowest BCUT2D eigenvalue weighted by Gasteiger charge is -2.14. The molecular weight excluding hydrogens is 312 g/mol.